The van der Waals surface area contributed by atoms with Crippen molar-refractivity contribution in [3.05, 3.63) is 17.5 Å². The molecule has 2 N–H and O–H groups in total. The molecular weight excluding hydrogens is 262 g/mol. The van der Waals surface area contributed by atoms with E-state index in [0.29, 0.717) is 12.6 Å². The number of likely N-dealkylation sites (tertiary alicyclic amines) is 1. The maximum atomic E-state index is 6.11. The second-order valence-corrected chi connectivity index (χ2v) is 6.14. The van der Waals surface area contributed by atoms with Gasteiger partial charge >= 0.3 is 0 Å². The molecule has 1 atom stereocenters. The number of aryl methyl sites for hydroxylation is 2. The fourth-order valence-electron chi connectivity index (χ4n) is 3.52. The number of nitrogens with two attached hydrogens (primary N) is 1. The molecule has 0 bridgehead atoms. The largest absolute Gasteiger partial charge is 0.329 e. The lowest BCUT2D eigenvalue weighted by Gasteiger charge is -2.40. The van der Waals surface area contributed by atoms with Crippen LogP contribution in [0, 0.1) is 0 Å². The van der Waals surface area contributed by atoms with Gasteiger partial charge in [0.05, 0.1) is 11.7 Å². The molecule has 1 aromatic heterocycles. The van der Waals surface area contributed by atoms with E-state index in [9.17, 15) is 0 Å². The third kappa shape index (κ3) is 3.65. The molecule has 120 valence electrons. The SMILES string of the molecule is CCc1nn(C)cc1C(CN)N(C)C1CCN(CC)CC1. The molecule has 0 amide bonds. The van der Waals surface area contributed by atoms with Gasteiger partial charge in [0.2, 0.25) is 0 Å². The van der Waals surface area contributed by atoms with Crippen molar-refractivity contribution in [2.75, 3.05) is 33.2 Å². The third-order valence-electron chi connectivity index (χ3n) is 4.93. The van der Waals surface area contributed by atoms with E-state index in [1.54, 1.807) is 0 Å². The highest BCUT2D eigenvalue weighted by atomic mass is 15.3. The van der Waals surface area contributed by atoms with E-state index in [0.717, 1.165) is 6.42 Å². The van der Waals surface area contributed by atoms with Crippen LogP contribution in [0.3, 0.4) is 0 Å². The first-order chi connectivity index (χ1) is 10.1. The van der Waals surface area contributed by atoms with Crippen LogP contribution in [0.5, 0.6) is 0 Å². The van der Waals surface area contributed by atoms with Gasteiger partial charge in [-0.3, -0.25) is 9.58 Å². The molecular formula is C16H31N5. The molecule has 0 radical (unpaired) electrons. The van der Waals surface area contributed by atoms with Gasteiger partial charge in [0.15, 0.2) is 0 Å². The Morgan fingerprint density at radius 1 is 1.38 bits per heavy atom. The maximum Gasteiger partial charge on any atom is 0.0670 e. The van der Waals surface area contributed by atoms with E-state index in [1.165, 1.54) is 43.7 Å². The number of piperidine rings is 1. The molecule has 0 saturated carbocycles. The summed E-state index contributed by atoms with van der Waals surface area (Å²) in [6.45, 7) is 8.64. The molecule has 0 spiro atoms. The Hall–Kier alpha value is -0.910. The highest BCUT2D eigenvalue weighted by Gasteiger charge is 2.28. The number of nitrogens with zero attached hydrogens (tertiary/aromatic N) is 4. The van der Waals surface area contributed by atoms with E-state index in [2.05, 4.69) is 42.0 Å². The first-order valence-corrected chi connectivity index (χ1v) is 8.27. The van der Waals surface area contributed by atoms with Crippen molar-refractivity contribution in [3.63, 3.8) is 0 Å². The summed E-state index contributed by atoms with van der Waals surface area (Å²) in [4.78, 5) is 5.02. The quantitative estimate of drug-likeness (QED) is 0.861. The van der Waals surface area contributed by atoms with Gasteiger partial charge in [0.25, 0.3) is 0 Å². The molecule has 1 fully saturated rings. The normalized spacial score (nSPS) is 19.3. The van der Waals surface area contributed by atoms with Crippen LogP contribution in [0.4, 0.5) is 0 Å². The minimum absolute atomic E-state index is 0.284. The van der Waals surface area contributed by atoms with E-state index >= 15 is 0 Å². The summed E-state index contributed by atoms with van der Waals surface area (Å²) >= 11 is 0. The zero-order valence-electron chi connectivity index (χ0n) is 14.0. The average molecular weight is 293 g/mol. The standard InChI is InChI=1S/C16H31N5/c1-5-15-14(12-19(3)18-15)16(11-17)20(4)13-7-9-21(6-2)10-8-13/h12-13,16H,5-11,17H2,1-4H3. The van der Waals surface area contributed by atoms with Crippen LogP contribution in [-0.2, 0) is 13.5 Å². The van der Waals surface area contributed by atoms with E-state index < -0.39 is 0 Å². The van der Waals surface area contributed by atoms with Gasteiger partial charge in [-0.2, -0.15) is 5.10 Å². The minimum atomic E-state index is 0.284. The molecule has 1 aliphatic rings. The van der Waals surface area contributed by atoms with Crippen molar-refractivity contribution < 1.29 is 0 Å². The summed E-state index contributed by atoms with van der Waals surface area (Å²) in [7, 11) is 4.23. The molecule has 1 aromatic rings. The monoisotopic (exact) mass is 293 g/mol. The van der Waals surface area contributed by atoms with Gasteiger partial charge < -0.3 is 10.6 Å². The Morgan fingerprint density at radius 3 is 2.57 bits per heavy atom. The lowest BCUT2D eigenvalue weighted by atomic mass is 9.98. The summed E-state index contributed by atoms with van der Waals surface area (Å²) in [5, 5.41) is 4.58. The maximum absolute atomic E-state index is 6.11. The molecule has 2 heterocycles. The van der Waals surface area contributed by atoms with Crippen LogP contribution in [-0.4, -0.2) is 58.8 Å². The average Bonchev–Trinajstić information content (AvgIpc) is 2.89. The summed E-state index contributed by atoms with van der Waals surface area (Å²) in [5.74, 6) is 0. The first-order valence-electron chi connectivity index (χ1n) is 8.27. The number of hydrogen-bond donors (Lipinski definition) is 1. The zero-order valence-corrected chi connectivity index (χ0v) is 14.0. The minimum Gasteiger partial charge on any atom is -0.329 e. The van der Waals surface area contributed by atoms with Gasteiger partial charge in [-0.25, -0.2) is 0 Å². The third-order valence-corrected chi connectivity index (χ3v) is 4.93. The Bertz CT molecular complexity index is 434. The molecule has 0 aliphatic carbocycles. The topological polar surface area (TPSA) is 50.3 Å². The Labute approximate surface area is 129 Å². The number of hydrogen-bond acceptors (Lipinski definition) is 4. The molecule has 5 nitrogen and oxygen atoms in total. The lowest BCUT2D eigenvalue weighted by molar-refractivity contribution is 0.100. The van der Waals surface area contributed by atoms with Crippen LogP contribution in [0.2, 0.25) is 0 Å². The molecule has 1 saturated heterocycles. The van der Waals surface area contributed by atoms with Crippen LogP contribution >= 0.6 is 0 Å². The Kier molecular flexibility index (Phi) is 5.79. The molecule has 2 rings (SSSR count). The number of rotatable bonds is 6. The van der Waals surface area contributed by atoms with Crippen molar-refractivity contribution in [3.8, 4) is 0 Å². The van der Waals surface area contributed by atoms with Crippen LogP contribution < -0.4 is 5.73 Å². The van der Waals surface area contributed by atoms with Crippen LogP contribution in [0.1, 0.15) is 44.0 Å². The van der Waals surface area contributed by atoms with Crippen molar-refractivity contribution in [2.45, 2.75) is 45.2 Å². The summed E-state index contributed by atoms with van der Waals surface area (Å²) in [5.41, 5.74) is 8.60. The van der Waals surface area contributed by atoms with Gasteiger partial charge in [-0.05, 0) is 45.9 Å². The summed E-state index contributed by atoms with van der Waals surface area (Å²) < 4.78 is 1.92. The van der Waals surface area contributed by atoms with E-state index in [-0.39, 0.29) is 6.04 Å². The van der Waals surface area contributed by atoms with Crippen molar-refractivity contribution >= 4 is 0 Å². The van der Waals surface area contributed by atoms with Crippen molar-refractivity contribution in [2.24, 2.45) is 12.8 Å². The predicted octanol–water partition coefficient (Wildman–Crippen LogP) is 1.40. The molecule has 21 heavy (non-hydrogen) atoms. The number of likely N-dealkylation sites (N-methyl/N-ethyl adjacent to an activating group) is 1. The molecule has 5 heteroatoms. The Balaban J connectivity index is 2.09. The fourth-order valence-corrected chi connectivity index (χ4v) is 3.52. The first kappa shape index (κ1) is 16.5. The highest BCUT2D eigenvalue weighted by Crippen LogP contribution is 2.27. The molecule has 1 unspecified atom stereocenters. The van der Waals surface area contributed by atoms with E-state index in [1.807, 2.05) is 11.7 Å². The second kappa shape index (κ2) is 7.38. The second-order valence-electron chi connectivity index (χ2n) is 6.14. The van der Waals surface area contributed by atoms with Crippen LogP contribution in [0.25, 0.3) is 0 Å². The summed E-state index contributed by atoms with van der Waals surface area (Å²) in [6, 6.07) is 0.915. The number of aromatic nitrogens is 2. The van der Waals surface area contributed by atoms with Gasteiger partial charge in [0, 0.05) is 31.4 Å². The smallest absolute Gasteiger partial charge is 0.0670 e. The zero-order chi connectivity index (χ0) is 15.4. The van der Waals surface area contributed by atoms with Gasteiger partial charge in [-0.1, -0.05) is 13.8 Å². The van der Waals surface area contributed by atoms with Crippen molar-refractivity contribution in [1.82, 2.24) is 19.6 Å². The fraction of sp³-hybridized carbons (Fsp3) is 0.812. The molecule has 1 aliphatic heterocycles. The van der Waals surface area contributed by atoms with Gasteiger partial charge in [0.1, 0.15) is 0 Å². The summed E-state index contributed by atoms with van der Waals surface area (Å²) in [6.07, 6.45) is 5.59. The Morgan fingerprint density at radius 2 is 2.05 bits per heavy atom. The highest BCUT2D eigenvalue weighted by molar-refractivity contribution is 5.22. The van der Waals surface area contributed by atoms with Crippen molar-refractivity contribution in [1.29, 1.82) is 0 Å². The van der Waals surface area contributed by atoms with E-state index in [4.69, 9.17) is 5.73 Å². The molecule has 0 aromatic carbocycles. The van der Waals surface area contributed by atoms with Crippen LogP contribution in [0.15, 0.2) is 6.20 Å². The lowest BCUT2D eigenvalue weighted by Crippen LogP contribution is -2.46. The van der Waals surface area contributed by atoms with Gasteiger partial charge in [-0.15, -0.1) is 0 Å². The predicted molar refractivity (Wildman–Crippen MR) is 87.3 cm³/mol.